The molecular formula is C11H15BrO4. The monoisotopic (exact) mass is 290 g/mol. The molecule has 5 heteroatoms. The highest BCUT2D eigenvalue weighted by Crippen LogP contribution is 2.21. The summed E-state index contributed by atoms with van der Waals surface area (Å²) in [7, 11) is 0. The number of aliphatic hydroxyl groups excluding tert-OH is 3. The van der Waals surface area contributed by atoms with E-state index in [1.807, 2.05) is 12.1 Å². The van der Waals surface area contributed by atoms with E-state index < -0.39 is 5.41 Å². The molecule has 0 unspecified atom stereocenters. The van der Waals surface area contributed by atoms with Crippen molar-refractivity contribution >= 4 is 15.9 Å². The van der Waals surface area contributed by atoms with Gasteiger partial charge in [-0.3, -0.25) is 0 Å². The Kier molecular flexibility index (Phi) is 5.21. The Bertz CT molecular complexity index is 317. The summed E-state index contributed by atoms with van der Waals surface area (Å²) in [6.45, 7) is -0.914. The molecule has 0 amide bonds. The van der Waals surface area contributed by atoms with Crippen LogP contribution in [-0.4, -0.2) is 41.7 Å². The van der Waals surface area contributed by atoms with Gasteiger partial charge < -0.3 is 20.1 Å². The average Bonchev–Trinajstić information content (AvgIpc) is 2.32. The summed E-state index contributed by atoms with van der Waals surface area (Å²) in [5.41, 5.74) is -0.998. The molecule has 0 aliphatic carbocycles. The van der Waals surface area contributed by atoms with Crippen LogP contribution in [0.3, 0.4) is 0 Å². The molecule has 1 rings (SSSR count). The lowest BCUT2D eigenvalue weighted by atomic mass is 9.93. The Balaban J connectivity index is 2.62. The summed E-state index contributed by atoms with van der Waals surface area (Å²) in [6, 6.07) is 7.22. The summed E-state index contributed by atoms with van der Waals surface area (Å²) in [4.78, 5) is 0. The van der Waals surface area contributed by atoms with E-state index in [0.29, 0.717) is 5.75 Å². The molecule has 0 bridgehead atoms. The van der Waals surface area contributed by atoms with Crippen LogP contribution < -0.4 is 4.74 Å². The lowest BCUT2D eigenvalue weighted by molar-refractivity contribution is -0.0258. The molecule has 0 aromatic heterocycles. The maximum Gasteiger partial charge on any atom is 0.120 e. The van der Waals surface area contributed by atoms with Gasteiger partial charge in [0, 0.05) is 4.47 Å². The van der Waals surface area contributed by atoms with Crippen LogP contribution in [0.2, 0.25) is 0 Å². The third kappa shape index (κ3) is 3.45. The molecule has 0 aliphatic rings. The second-order valence-electron chi connectivity index (χ2n) is 3.72. The number of ether oxygens (including phenoxy) is 1. The Hall–Kier alpha value is -0.620. The fraction of sp³-hybridized carbons (Fsp3) is 0.455. The predicted octanol–water partition coefficient (Wildman–Crippen LogP) is 0.791. The maximum atomic E-state index is 9.10. The summed E-state index contributed by atoms with van der Waals surface area (Å²) in [5, 5.41) is 27.3. The topological polar surface area (TPSA) is 69.9 Å². The number of hydrogen-bond acceptors (Lipinski definition) is 4. The first kappa shape index (κ1) is 13.4. The molecule has 1 aromatic carbocycles. The van der Waals surface area contributed by atoms with E-state index in [4.69, 9.17) is 20.1 Å². The van der Waals surface area contributed by atoms with Gasteiger partial charge >= 0.3 is 0 Å². The summed E-state index contributed by atoms with van der Waals surface area (Å²) >= 11 is 3.31. The van der Waals surface area contributed by atoms with Crippen LogP contribution in [0, 0.1) is 5.41 Å². The molecule has 0 fully saturated rings. The van der Waals surface area contributed by atoms with Crippen molar-refractivity contribution in [2.75, 3.05) is 26.4 Å². The van der Waals surface area contributed by atoms with Crippen LogP contribution in [0.5, 0.6) is 5.75 Å². The van der Waals surface area contributed by atoms with Crippen LogP contribution >= 0.6 is 15.9 Å². The molecule has 3 N–H and O–H groups in total. The fourth-order valence-corrected chi connectivity index (χ4v) is 1.46. The Labute approximate surface area is 103 Å². The van der Waals surface area contributed by atoms with Gasteiger partial charge in [0.05, 0.1) is 25.2 Å². The smallest absolute Gasteiger partial charge is 0.120 e. The van der Waals surface area contributed by atoms with Gasteiger partial charge in [0.25, 0.3) is 0 Å². The molecule has 0 spiro atoms. The van der Waals surface area contributed by atoms with Gasteiger partial charge in [-0.1, -0.05) is 22.0 Å². The summed E-state index contributed by atoms with van der Waals surface area (Å²) < 4.78 is 6.30. The first-order valence-corrected chi connectivity index (χ1v) is 5.66. The Morgan fingerprint density at radius 1 is 1.12 bits per heavy atom. The zero-order chi connectivity index (χ0) is 12.0. The first-order valence-electron chi connectivity index (χ1n) is 4.87. The normalized spacial score (nSPS) is 11.5. The van der Waals surface area contributed by atoms with Gasteiger partial charge in [0.15, 0.2) is 0 Å². The van der Waals surface area contributed by atoms with Crippen molar-refractivity contribution in [1.29, 1.82) is 0 Å². The van der Waals surface area contributed by atoms with E-state index in [1.165, 1.54) is 0 Å². The minimum Gasteiger partial charge on any atom is -0.493 e. The van der Waals surface area contributed by atoms with Crippen molar-refractivity contribution < 1.29 is 20.1 Å². The van der Waals surface area contributed by atoms with E-state index >= 15 is 0 Å². The second kappa shape index (κ2) is 6.20. The van der Waals surface area contributed by atoms with E-state index in [0.717, 1.165) is 4.47 Å². The lowest BCUT2D eigenvalue weighted by Gasteiger charge is -2.27. The molecule has 0 heterocycles. The molecule has 0 saturated carbocycles. The van der Waals surface area contributed by atoms with Crippen molar-refractivity contribution in [2.24, 2.45) is 5.41 Å². The molecule has 0 aliphatic heterocycles. The van der Waals surface area contributed by atoms with Crippen LogP contribution in [0.25, 0.3) is 0 Å². The molecule has 0 saturated heterocycles. The minimum atomic E-state index is -0.998. The average molecular weight is 291 g/mol. The van der Waals surface area contributed by atoms with Gasteiger partial charge in [0.2, 0.25) is 0 Å². The number of aliphatic hydroxyl groups is 3. The second-order valence-corrected chi connectivity index (χ2v) is 4.64. The molecule has 0 radical (unpaired) electrons. The predicted molar refractivity (Wildman–Crippen MR) is 63.3 cm³/mol. The SMILES string of the molecule is OCC(CO)(CO)COc1cccc(Br)c1. The third-order valence-corrected chi connectivity index (χ3v) is 2.84. The molecular weight excluding hydrogens is 276 g/mol. The van der Waals surface area contributed by atoms with Crippen LogP contribution in [0.15, 0.2) is 28.7 Å². The van der Waals surface area contributed by atoms with Crippen molar-refractivity contribution in [3.63, 3.8) is 0 Å². The molecule has 16 heavy (non-hydrogen) atoms. The lowest BCUT2D eigenvalue weighted by Crippen LogP contribution is -2.39. The number of rotatable bonds is 6. The standard InChI is InChI=1S/C11H15BrO4/c12-9-2-1-3-10(4-9)16-8-11(5-13,6-14)7-15/h1-4,13-15H,5-8H2. The maximum absolute atomic E-state index is 9.10. The van der Waals surface area contributed by atoms with Gasteiger partial charge in [-0.25, -0.2) is 0 Å². The van der Waals surface area contributed by atoms with Gasteiger partial charge in [-0.05, 0) is 18.2 Å². The van der Waals surface area contributed by atoms with Crippen molar-refractivity contribution in [1.82, 2.24) is 0 Å². The van der Waals surface area contributed by atoms with Crippen molar-refractivity contribution in [2.45, 2.75) is 0 Å². The zero-order valence-corrected chi connectivity index (χ0v) is 10.4. The first-order chi connectivity index (χ1) is 7.65. The largest absolute Gasteiger partial charge is 0.493 e. The highest BCUT2D eigenvalue weighted by Gasteiger charge is 2.29. The number of benzene rings is 1. The van der Waals surface area contributed by atoms with E-state index in [9.17, 15) is 0 Å². The molecule has 1 aromatic rings. The Morgan fingerprint density at radius 3 is 2.25 bits per heavy atom. The molecule has 90 valence electrons. The Morgan fingerprint density at radius 2 is 1.75 bits per heavy atom. The number of halogens is 1. The van der Waals surface area contributed by atoms with Crippen molar-refractivity contribution in [3.05, 3.63) is 28.7 Å². The minimum absolute atomic E-state index is 0.0625. The highest BCUT2D eigenvalue weighted by atomic mass is 79.9. The summed E-state index contributed by atoms with van der Waals surface area (Å²) in [6.07, 6.45) is 0. The van der Waals surface area contributed by atoms with Crippen LogP contribution in [0.4, 0.5) is 0 Å². The van der Waals surface area contributed by atoms with E-state index in [2.05, 4.69) is 15.9 Å². The molecule has 4 nitrogen and oxygen atoms in total. The van der Waals surface area contributed by atoms with Crippen molar-refractivity contribution in [3.8, 4) is 5.75 Å². The third-order valence-electron chi connectivity index (χ3n) is 2.35. The van der Waals surface area contributed by atoms with Gasteiger partial charge in [-0.2, -0.15) is 0 Å². The highest BCUT2D eigenvalue weighted by molar-refractivity contribution is 9.10. The quantitative estimate of drug-likeness (QED) is 0.725. The fourth-order valence-electron chi connectivity index (χ4n) is 1.08. The summed E-state index contributed by atoms with van der Waals surface area (Å²) in [5.74, 6) is 0.620. The van der Waals surface area contributed by atoms with Crippen LogP contribution in [-0.2, 0) is 0 Å². The molecule has 0 atom stereocenters. The van der Waals surface area contributed by atoms with E-state index in [-0.39, 0.29) is 26.4 Å². The van der Waals surface area contributed by atoms with Gasteiger partial charge in [-0.15, -0.1) is 0 Å². The number of hydrogen-bond donors (Lipinski definition) is 3. The van der Waals surface area contributed by atoms with E-state index in [1.54, 1.807) is 12.1 Å². The van der Waals surface area contributed by atoms with Gasteiger partial charge in [0.1, 0.15) is 12.4 Å². The van der Waals surface area contributed by atoms with Crippen LogP contribution in [0.1, 0.15) is 0 Å². The zero-order valence-electron chi connectivity index (χ0n) is 8.77.